The minimum absolute atomic E-state index is 0.192. The Morgan fingerprint density at radius 1 is 1.20 bits per heavy atom. The number of nitrogens with zero attached hydrogens (tertiary/aromatic N) is 1. The molecule has 1 fully saturated rings. The van der Waals surface area contributed by atoms with Crippen LogP contribution in [0.15, 0.2) is 46.0 Å². The van der Waals surface area contributed by atoms with Crippen molar-refractivity contribution in [1.82, 2.24) is 4.31 Å². The van der Waals surface area contributed by atoms with Crippen molar-refractivity contribution in [1.29, 1.82) is 0 Å². The minimum atomic E-state index is -3.44. The van der Waals surface area contributed by atoms with Crippen LogP contribution in [0, 0.1) is 5.82 Å². The topological polar surface area (TPSA) is 37.4 Å². The number of hydrogen-bond donors (Lipinski definition) is 0. The molecule has 2 aromatic rings. The highest BCUT2D eigenvalue weighted by molar-refractivity contribution is 7.91. The van der Waals surface area contributed by atoms with Gasteiger partial charge in [-0.2, -0.15) is 4.31 Å². The highest BCUT2D eigenvalue weighted by Gasteiger charge is 2.36. The second-order valence-electron chi connectivity index (χ2n) is 4.76. The van der Waals surface area contributed by atoms with Gasteiger partial charge in [-0.05, 0) is 42.0 Å². The van der Waals surface area contributed by atoms with E-state index in [2.05, 4.69) is 0 Å². The molecule has 1 unspecified atom stereocenters. The van der Waals surface area contributed by atoms with E-state index in [1.807, 2.05) is 0 Å². The molecule has 1 aliphatic heterocycles. The van der Waals surface area contributed by atoms with Crippen LogP contribution in [0.1, 0.15) is 24.4 Å². The van der Waals surface area contributed by atoms with E-state index in [9.17, 15) is 12.8 Å². The molecule has 1 aliphatic rings. The Hall–Kier alpha value is -1.24. The summed E-state index contributed by atoms with van der Waals surface area (Å²) in [6.45, 7) is 0.516. The van der Waals surface area contributed by atoms with Crippen molar-refractivity contribution in [2.45, 2.75) is 23.1 Å². The Kier molecular flexibility index (Phi) is 3.62. The van der Waals surface area contributed by atoms with Gasteiger partial charge >= 0.3 is 0 Å². The molecule has 1 atom stereocenters. The van der Waals surface area contributed by atoms with Gasteiger partial charge in [-0.3, -0.25) is 0 Å². The average molecular weight is 311 g/mol. The Labute approximate surface area is 121 Å². The first-order valence-corrected chi connectivity index (χ1v) is 8.72. The van der Waals surface area contributed by atoms with Crippen LogP contribution in [0.25, 0.3) is 0 Å². The number of hydrogen-bond acceptors (Lipinski definition) is 3. The summed E-state index contributed by atoms with van der Waals surface area (Å²) >= 11 is 1.23. The summed E-state index contributed by atoms with van der Waals surface area (Å²) in [5.41, 5.74) is 0.851. The van der Waals surface area contributed by atoms with E-state index < -0.39 is 10.0 Å². The molecule has 6 heteroatoms. The molecule has 20 heavy (non-hydrogen) atoms. The summed E-state index contributed by atoms with van der Waals surface area (Å²) < 4.78 is 40.1. The van der Waals surface area contributed by atoms with Gasteiger partial charge in [-0.15, -0.1) is 11.3 Å². The Morgan fingerprint density at radius 2 is 1.95 bits per heavy atom. The molecular weight excluding hydrogens is 297 g/mol. The Morgan fingerprint density at radius 3 is 2.60 bits per heavy atom. The SMILES string of the molecule is O=S(=O)(c1cccs1)N1CCCC1c1ccc(F)cc1. The normalized spacial score (nSPS) is 20.4. The van der Waals surface area contributed by atoms with Crippen molar-refractivity contribution in [3.05, 3.63) is 53.2 Å². The van der Waals surface area contributed by atoms with E-state index in [0.29, 0.717) is 10.8 Å². The lowest BCUT2D eigenvalue weighted by Gasteiger charge is -2.23. The van der Waals surface area contributed by atoms with Crippen LogP contribution in [-0.2, 0) is 10.0 Å². The van der Waals surface area contributed by atoms with E-state index in [1.165, 1.54) is 27.8 Å². The number of thiophene rings is 1. The quantitative estimate of drug-likeness (QED) is 0.871. The van der Waals surface area contributed by atoms with Crippen molar-refractivity contribution in [3.8, 4) is 0 Å². The molecule has 0 bridgehead atoms. The molecule has 0 radical (unpaired) electrons. The molecule has 0 aliphatic carbocycles. The molecule has 0 amide bonds. The van der Waals surface area contributed by atoms with Gasteiger partial charge in [0, 0.05) is 6.54 Å². The standard InChI is InChI=1S/C14H14FNO2S2/c15-12-7-5-11(6-8-12)13-3-1-9-16(13)20(17,18)14-4-2-10-19-14/h2,4-8,10,13H,1,3,9H2. The fourth-order valence-corrected chi connectivity index (χ4v) is 5.37. The maximum absolute atomic E-state index is 13.0. The van der Waals surface area contributed by atoms with E-state index in [0.717, 1.165) is 18.4 Å². The van der Waals surface area contributed by atoms with Gasteiger partial charge in [0.2, 0.25) is 0 Å². The second kappa shape index (κ2) is 5.27. The smallest absolute Gasteiger partial charge is 0.207 e. The number of rotatable bonds is 3. The summed E-state index contributed by atoms with van der Waals surface area (Å²) in [6, 6.07) is 9.26. The fourth-order valence-electron chi connectivity index (χ4n) is 2.57. The summed E-state index contributed by atoms with van der Waals surface area (Å²) in [4.78, 5) is 0. The van der Waals surface area contributed by atoms with Gasteiger partial charge < -0.3 is 0 Å². The van der Waals surface area contributed by atoms with Crippen LogP contribution in [0.4, 0.5) is 4.39 Å². The van der Waals surface area contributed by atoms with E-state index in [-0.39, 0.29) is 11.9 Å². The summed E-state index contributed by atoms with van der Waals surface area (Å²) in [5.74, 6) is -0.306. The van der Waals surface area contributed by atoms with Crippen molar-refractivity contribution >= 4 is 21.4 Å². The largest absolute Gasteiger partial charge is 0.253 e. The number of sulfonamides is 1. The van der Waals surface area contributed by atoms with Gasteiger partial charge in [-0.1, -0.05) is 18.2 Å². The van der Waals surface area contributed by atoms with Gasteiger partial charge in [0.05, 0.1) is 6.04 Å². The Bertz CT molecular complexity index is 680. The molecule has 1 aromatic heterocycles. The predicted molar refractivity (Wildman–Crippen MR) is 76.6 cm³/mol. The first-order valence-electron chi connectivity index (χ1n) is 6.40. The lowest BCUT2D eigenvalue weighted by Crippen LogP contribution is -2.30. The zero-order valence-corrected chi connectivity index (χ0v) is 12.3. The summed E-state index contributed by atoms with van der Waals surface area (Å²) in [7, 11) is -3.44. The second-order valence-corrected chi connectivity index (χ2v) is 7.82. The van der Waals surface area contributed by atoms with E-state index >= 15 is 0 Å². The van der Waals surface area contributed by atoms with Crippen LogP contribution in [0.2, 0.25) is 0 Å². The summed E-state index contributed by atoms with van der Waals surface area (Å²) in [5, 5.41) is 1.76. The molecule has 3 rings (SSSR count). The lowest BCUT2D eigenvalue weighted by atomic mass is 10.1. The van der Waals surface area contributed by atoms with Crippen molar-refractivity contribution in [2.24, 2.45) is 0 Å². The molecule has 0 saturated carbocycles. The highest BCUT2D eigenvalue weighted by atomic mass is 32.2. The minimum Gasteiger partial charge on any atom is -0.207 e. The van der Waals surface area contributed by atoms with Gasteiger partial charge in [0.1, 0.15) is 10.0 Å². The molecule has 2 heterocycles. The van der Waals surface area contributed by atoms with E-state index in [1.54, 1.807) is 29.6 Å². The Balaban J connectivity index is 1.95. The van der Waals surface area contributed by atoms with Crippen molar-refractivity contribution < 1.29 is 12.8 Å². The third kappa shape index (κ3) is 2.39. The molecule has 0 spiro atoms. The molecule has 0 N–H and O–H groups in total. The van der Waals surface area contributed by atoms with Crippen molar-refractivity contribution in [3.63, 3.8) is 0 Å². The van der Waals surface area contributed by atoms with Crippen LogP contribution >= 0.6 is 11.3 Å². The van der Waals surface area contributed by atoms with Crippen molar-refractivity contribution in [2.75, 3.05) is 6.54 Å². The molecule has 106 valence electrons. The fraction of sp³-hybridized carbons (Fsp3) is 0.286. The third-order valence-electron chi connectivity index (χ3n) is 3.52. The zero-order chi connectivity index (χ0) is 14.2. The molecule has 1 saturated heterocycles. The van der Waals surface area contributed by atoms with Crippen LogP contribution in [0.5, 0.6) is 0 Å². The van der Waals surface area contributed by atoms with Gasteiger partial charge in [-0.25, -0.2) is 12.8 Å². The summed E-state index contributed by atoms with van der Waals surface area (Å²) in [6.07, 6.45) is 1.60. The van der Waals surface area contributed by atoms with Gasteiger partial charge in [0.15, 0.2) is 0 Å². The zero-order valence-electron chi connectivity index (χ0n) is 10.7. The van der Waals surface area contributed by atoms with Crippen LogP contribution < -0.4 is 0 Å². The molecule has 3 nitrogen and oxygen atoms in total. The maximum Gasteiger partial charge on any atom is 0.253 e. The third-order valence-corrected chi connectivity index (χ3v) is 6.80. The first-order chi connectivity index (χ1) is 9.59. The molecule has 1 aromatic carbocycles. The highest BCUT2D eigenvalue weighted by Crippen LogP contribution is 2.37. The number of halogens is 1. The first kappa shape index (κ1) is 13.7. The van der Waals surface area contributed by atoms with Crippen LogP contribution in [-0.4, -0.2) is 19.3 Å². The average Bonchev–Trinajstić information content (AvgIpc) is 3.11. The van der Waals surface area contributed by atoms with Gasteiger partial charge in [0.25, 0.3) is 10.0 Å². The maximum atomic E-state index is 13.0. The predicted octanol–water partition coefficient (Wildman–Crippen LogP) is 3.41. The monoisotopic (exact) mass is 311 g/mol. The van der Waals surface area contributed by atoms with E-state index in [4.69, 9.17) is 0 Å². The van der Waals surface area contributed by atoms with Crippen LogP contribution in [0.3, 0.4) is 0 Å². The lowest BCUT2D eigenvalue weighted by molar-refractivity contribution is 0.397. The molecular formula is C14H14FNO2S2. The number of benzene rings is 1.